The molecule has 1 aromatic rings. The third-order valence-electron chi connectivity index (χ3n) is 4.46. The number of benzene rings is 1. The van der Waals surface area contributed by atoms with Crippen LogP contribution in [0.1, 0.15) is 57.1 Å². The zero-order valence-electron chi connectivity index (χ0n) is 13.7. The Morgan fingerprint density at radius 1 is 1.10 bits per heavy atom. The first-order valence-electron chi connectivity index (χ1n) is 8.23. The molecule has 3 heteroatoms. The molecule has 118 valence electrons. The molecule has 1 aliphatic carbocycles. The Labute approximate surface area is 129 Å². The van der Waals surface area contributed by atoms with Crippen molar-refractivity contribution in [2.45, 2.75) is 51.5 Å². The highest BCUT2D eigenvalue weighted by molar-refractivity contribution is 5.39. The van der Waals surface area contributed by atoms with Crippen molar-refractivity contribution in [3.63, 3.8) is 0 Å². The van der Waals surface area contributed by atoms with Crippen LogP contribution in [0.4, 0.5) is 0 Å². The largest absolute Gasteiger partial charge is 0.497 e. The van der Waals surface area contributed by atoms with Gasteiger partial charge in [-0.25, -0.2) is 0 Å². The molecule has 0 aromatic heterocycles. The highest BCUT2D eigenvalue weighted by Gasteiger charge is 2.21. The zero-order chi connectivity index (χ0) is 15.1. The first kappa shape index (κ1) is 16.2. The minimum Gasteiger partial charge on any atom is -0.497 e. The maximum absolute atomic E-state index is 5.41. The molecule has 1 atom stereocenters. The topological polar surface area (TPSA) is 30.5 Å². The minimum atomic E-state index is 0.400. The van der Waals surface area contributed by atoms with Crippen LogP contribution in [0.5, 0.6) is 11.5 Å². The van der Waals surface area contributed by atoms with Crippen LogP contribution in [0.2, 0.25) is 0 Å². The van der Waals surface area contributed by atoms with Gasteiger partial charge in [0.2, 0.25) is 0 Å². The fourth-order valence-corrected chi connectivity index (χ4v) is 3.27. The predicted molar refractivity (Wildman–Crippen MR) is 87.2 cm³/mol. The minimum absolute atomic E-state index is 0.400. The van der Waals surface area contributed by atoms with Gasteiger partial charge in [0, 0.05) is 12.1 Å². The monoisotopic (exact) mass is 291 g/mol. The van der Waals surface area contributed by atoms with Crippen LogP contribution in [0, 0.1) is 5.92 Å². The highest BCUT2D eigenvalue weighted by Crippen LogP contribution is 2.35. The quantitative estimate of drug-likeness (QED) is 0.773. The summed E-state index contributed by atoms with van der Waals surface area (Å²) in [6.07, 6.45) is 7.93. The van der Waals surface area contributed by atoms with E-state index >= 15 is 0 Å². The molecule has 3 nitrogen and oxygen atoms in total. The Morgan fingerprint density at radius 2 is 1.71 bits per heavy atom. The van der Waals surface area contributed by atoms with Crippen LogP contribution in [-0.4, -0.2) is 20.8 Å². The molecule has 1 N–H and O–H groups in total. The van der Waals surface area contributed by atoms with E-state index < -0.39 is 0 Å². The maximum Gasteiger partial charge on any atom is 0.122 e. The Hall–Kier alpha value is -1.22. The summed E-state index contributed by atoms with van der Waals surface area (Å²) in [5.74, 6) is 2.61. The van der Waals surface area contributed by atoms with Crippen molar-refractivity contribution in [1.82, 2.24) is 5.32 Å². The summed E-state index contributed by atoms with van der Waals surface area (Å²) >= 11 is 0. The summed E-state index contributed by atoms with van der Waals surface area (Å²) in [5, 5.41) is 3.70. The molecule has 1 unspecified atom stereocenters. The van der Waals surface area contributed by atoms with Crippen molar-refractivity contribution in [1.29, 1.82) is 0 Å². The summed E-state index contributed by atoms with van der Waals surface area (Å²) in [6.45, 7) is 3.27. The second-order valence-electron chi connectivity index (χ2n) is 6.04. The molecule has 2 rings (SSSR count). The van der Waals surface area contributed by atoms with Crippen molar-refractivity contribution in [2.24, 2.45) is 5.92 Å². The smallest absolute Gasteiger partial charge is 0.122 e. The van der Waals surface area contributed by atoms with E-state index in [9.17, 15) is 0 Å². The Morgan fingerprint density at radius 3 is 2.24 bits per heavy atom. The lowest BCUT2D eigenvalue weighted by molar-refractivity contribution is 0.378. The van der Waals surface area contributed by atoms with E-state index in [4.69, 9.17) is 9.47 Å². The molecule has 0 bridgehead atoms. The summed E-state index contributed by atoms with van der Waals surface area (Å²) in [5.41, 5.74) is 1.28. The molecule has 1 aliphatic rings. The van der Waals surface area contributed by atoms with Gasteiger partial charge in [-0.15, -0.1) is 0 Å². The molecular weight excluding hydrogens is 262 g/mol. The summed E-state index contributed by atoms with van der Waals surface area (Å²) in [4.78, 5) is 0. The Bertz CT molecular complexity index is 405. The van der Waals surface area contributed by atoms with E-state index in [1.54, 1.807) is 14.2 Å². The van der Waals surface area contributed by atoms with Crippen LogP contribution in [-0.2, 0) is 0 Å². The van der Waals surface area contributed by atoms with Gasteiger partial charge in [-0.05, 0) is 43.0 Å². The average molecular weight is 291 g/mol. The molecule has 0 spiro atoms. The molecule has 21 heavy (non-hydrogen) atoms. The van der Waals surface area contributed by atoms with Crippen molar-refractivity contribution >= 4 is 0 Å². The maximum atomic E-state index is 5.41. The van der Waals surface area contributed by atoms with Crippen molar-refractivity contribution in [2.75, 3.05) is 20.8 Å². The standard InChI is InChI=1S/C18H29NO2/c1-4-9-19-18(10-14-7-5-6-8-14)15-11-16(20-2)13-17(12-15)21-3/h11-14,18-19H,4-10H2,1-3H3. The molecule has 0 radical (unpaired) electrons. The van der Waals surface area contributed by atoms with Gasteiger partial charge < -0.3 is 14.8 Å². The van der Waals surface area contributed by atoms with Gasteiger partial charge in [0.05, 0.1) is 14.2 Å². The normalized spacial score (nSPS) is 16.9. The lowest BCUT2D eigenvalue weighted by Crippen LogP contribution is -2.24. The van der Waals surface area contributed by atoms with Crippen LogP contribution in [0.25, 0.3) is 0 Å². The van der Waals surface area contributed by atoms with E-state index in [0.717, 1.165) is 30.4 Å². The van der Waals surface area contributed by atoms with E-state index in [1.807, 2.05) is 6.07 Å². The van der Waals surface area contributed by atoms with Crippen LogP contribution < -0.4 is 14.8 Å². The van der Waals surface area contributed by atoms with Gasteiger partial charge in [-0.1, -0.05) is 32.6 Å². The SMILES string of the molecule is CCCNC(CC1CCCC1)c1cc(OC)cc(OC)c1. The number of methoxy groups -OCH3 is 2. The van der Waals surface area contributed by atoms with Crippen LogP contribution in [0.15, 0.2) is 18.2 Å². The van der Waals surface area contributed by atoms with Gasteiger partial charge >= 0.3 is 0 Å². The fourth-order valence-electron chi connectivity index (χ4n) is 3.27. The molecule has 1 fully saturated rings. The molecule has 1 saturated carbocycles. The first-order valence-corrected chi connectivity index (χ1v) is 8.23. The number of ether oxygens (including phenoxy) is 2. The molecular formula is C18H29NO2. The fraction of sp³-hybridized carbons (Fsp3) is 0.667. The molecule has 0 amide bonds. The Balaban J connectivity index is 2.17. The van der Waals surface area contributed by atoms with Gasteiger partial charge in [0.1, 0.15) is 11.5 Å². The van der Waals surface area contributed by atoms with Gasteiger partial charge in [-0.2, -0.15) is 0 Å². The van der Waals surface area contributed by atoms with Gasteiger partial charge in [0.15, 0.2) is 0 Å². The van der Waals surface area contributed by atoms with Crippen molar-refractivity contribution in [3.8, 4) is 11.5 Å². The van der Waals surface area contributed by atoms with Gasteiger partial charge in [-0.3, -0.25) is 0 Å². The highest BCUT2D eigenvalue weighted by atomic mass is 16.5. The summed E-state index contributed by atoms with van der Waals surface area (Å²) in [6, 6.07) is 6.63. The lowest BCUT2D eigenvalue weighted by Gasteiger charge is -2.23. The van der Waals surface area contributed by atoms with E-state index in [-0.39, 0.29) is 0 Å². The third kappa shape index (κ3) is 4.63. The van der Waals surface area contributed by atoms with Crippen molar-refractivity contribution < 1.29 is 9.47 Å². The number of hydrogen-bond donors (Lipinski definition) is 1. The zero-order valence-corrected chi connectivity index (χ0v) is 13.7. The molecule has 0 heterocycles. The second-order valence-corrected chi connectivity index (χ2v) is 6.04. The molecule has 1 aromatic carbocycles. The van der Waals surface area contributed by atoms with Crippen LogP contribution >= 0.6 is 0 Å². The lowest BCUT2D eigenvalue weighted by atomic mass is 9.93. The van der Waals surface area contributed by atoms with Crippen molar-refractivity contribution in [3.05, 3.63) is 23.8 Å². The third-order valence-corrected chi connectivity index (χ3v) is 4.46. The summed E-state index contributed by atoms with van der Waals surface area (Å²) < 4.78 is 10.8. The molecule has 0 saturated heterocycles. The number of hydrogen-bond acceptors (Lipinski definition) is 3. The molecule has 0 aliphatic heterocycles. The first-order chi connectivity index (χ1) is 10.3. The van der Waals surface area contributed by atoms with E-state index in [1.165, 1.54) is 37.7 Å². The Kier molecular flexibility index (Phi) is 6.37. The van der Waals surface area contributed by atoms with E-state index in [2.05, 4.69) is 24.4 Å². The average Bonchev–Trinajstić information content (AvgIpc) is 3.03. The number of rotatable bonds is 8. The van der Waals surface area contributed by atoms with E-state index in [0.29, 0.717) is 6.04 Å². The van der Waals surface area contributed by atoms with Crippen LogP contribution in [0.3, 0.4) is 0 Å². The summed E-state index contributed by atoms with van der Waals surface area (Å²) in [7, 11) is 3.42. The predicted octanol–water partition coefficient (Wildman–Crippen LogP) is 4.32. The second kappa shape index (κ2) is 8.28. The van der Waals surface area contributed by atoms with Gasteiger partial charge in [0.25, 0.3) is 0 Å². The number of nitrogens with one attached hydrogen (secondary N) is 1.